The molecule has 3 aromatic rings. The minimum absolute atomic E-state index is 0.335. The summed E-state index contributed by atoms with van der Waals surface area (Å²) in [6, 6.07) is 21.1. The van der Waals surface area contributed by atoms with Gasteiger partial charge in [0.1, 0.15) is 11.5 Å². The summed E-state index contributed by atoms with van der Waals surface area (Å²) in [5, 5.41) is 2.71. The molecule has 29 heavy (non-hydrogen) atoms. The van der Waals surface area contributed by atoms with E-state index in [0.29, 0.717) is 28.5 Å². The van der Waals surface area contributed by atoms with E-state index in [1.54, 1.807) is 42.5 Å². The SMILES string of the molecule is COc1ccc(C(=O)OCC(=O)Nc2ccccc2Oc2ccc(C)cc2)cc1. The van der Waals surface area contributed by atoms with Gasteiger partial charge in [0, 0.05) is 0 Å². The third-order valence-electron chi connectivity index (χ3n) is 4.07. The third-order valence-corrected chi connectivity index (χ3v) is 4.07. The van der Waals surface area contributed by atoms with E-state index in [1.807, 2.05) is 37.3 Å². The molecule has 1 N–H and O–H groups in total. The molecule has 0 aliphatic carbocycles. The Balaban J connectivity index is 1.58. The fraction of sp³-hybridized carbons (Fsp3) is 0.130. The number of para-hydroxylation sites is 2. The molecule has 0 heterocycles. The molecule has 3 aromatic carbocycles. The second-order valence-corrected chi connectivity index (χ2v) is 6.26. The molecule has 0 fully saturated rings. The number of rotatable bonds is 7. The van der Waals surface area contributed by atoms with Crippen LogP contribution in [0.3, 0.4) is 0 Å². The monoisotopic (exact) mass is 391 g/mol. The van der Waals surface area contributed by atoms with Gasteiger partial charge in [-0.25, -0.2) is 4.79 Å². The summed E-state index contributed by atoms with van der Waals surface area (Å²) in [4.78, 5) is 24.3. The number of anilines is 1. The standard InChI is InChI=1S/C23H21NO5/c1-16-7-11-19(12-8-16)29-21-6-4-3-5-20(21)24-22(25)15-28-23(26)17-9-13-18(27-2)14-10-17/h3-14H,15H2,1-2H3,(H,24,25). The van der Waals surface area contributed by atoms with Gasteiger partial charge in [0.05, 0.1) is 18.4 Å². The first-order chi connectivity index (χ1) is 14.0. The molecule has 148 valence electrons. The van der Waals surface area contributed by atoms with Gasteiger partial charge in [-0.2, -0.15) is 0 Å². The first-order valence-electron chi connectivity index (χ1n) is 9.00. The highest BCUT2D eigenvalue weighted by molar-refractivity contribution is 5.96. The van der Waals surface area contributed by atoms with Gasteiger partial charge in [-0.15, -0.1) is 0 Å². The zero-order valence-electron chi connectivity index (χ0n) is 16.2. The van der Waals surface area contributed by atoms with Crippen molar-refractivity contribution in [2.75, 3.05) is 19.0 Å². The fourth-order valence-electron chi connectivity index (χ4n) is 2.52. The Morgan fingerprint density at radius 1 is 0.862 bits per heavy atom. The van der Waals surface area contributed by atoms with Gasteiger partial charge in [0.25, 0.3) is 5.91 Å². The minimum Gasteiger partial charge on any atom is -0.497 e. The average Bonchev–Trinajstić information content (AvgIpc) is 2.75. The van der Waals surface area contributed by atoms with Crippen LogP contribution >= 0.6 is 0 Å². The van der Waals surface area contributed by atoms with Crippen molar-refractivity contribution in [2.24, 2.45) is 0 Å². The number of methoxy groups -OCH3 is 1. The molecule has 0 saturated carbocycles. The maximum Gasteiger partial charge on any atom is 0.338 e. The molecule has 0 radical (unpaired) electrons. The summed E-state index contributed by atoms with van der Waals surface area (Å²) in [7, 11) is 1.54. The van der Waals surface area contributed by atoms with E-state index in [2.05, 4.69) is 5.32 Å². The molecular formula is C23H21NO5. The van der Waals surface area contributed by atoms with Crippen molar-refractivity contribution in [3.63, 3.8) is 0 Å². The molecule has 6 heteroatoms. The summed E-state index contributed by atoms with van der Waals surface area (Å²) in [6.45, 7) is 1.58. The number of hydrogen-bond donors (Lipinski definition) is 1. The van der Waals surface area contributed by atoms with Crippen molar-refractivity contribution in [1.82, 2.24) is 0 Å². The number of hydrogen-bond acceptors (Lipinski definition) is 5. The first kappa shape index (κ1) is 19.9. The molecule has 0 aliphatic rings. The van der Waals surface area contributed by atoms with Crippen molar-refractivity contribution in [3.05, 3.63) is 83.9 Å². The molecule has 0 spiro atoms. The lowest BCUT2D eigenvalue weighted by Gasteiger charge is -2.12. The molecule has 6 nitrogen and oxygen atoms in total. The quantitative estimate of drug-likeness (QED) is 0.596. The highest BCUT2D eigenvalue weighted by Crippen LogP contribution is 2.29. The van der Waals surface area contributed by atoms with Gasteiger partial charge in [0.15, 0.2) is 12.4 Å². The summed E-state index contributed by atoms with van der Waals surface area (Å²) < 4.78 is 16.0. The molecule has 0 bridgehead atoms. The zero-order chi connectivity index (χ0) is 20.6. The van der Waals surface area contributed by atoms with E-state index in [-0.39, 0.29) is 0 Å². The van der Waals surface area contributed by atoms with E-state index in [4.69, 9.17) is 14.2 Å². The second-order valence-electron chi connectivity index (χ2n) is 6.26. The van der Waals surface area contributed by atoms with Gasteiger partial charge in [0.2, 0.25) is 0 Å². The Morgan fingerprint density at radius 2 is 1.52 bits per heavy atom. The van der Waals surface area contributed by atoms with Crippen LogP contribution in [0.1, 0.15) is 15.9 Å². The maximum atomic E-state index is 12.2. The summed E-state index contributed by atoms with van der Waals surface area (Å²) in [5.41, 5.74) is 1.94. The largest absolute Gasteiger partial charge is 0.497 e. The smallest absolute Gasteiger partial charge is 0.338 e. The molecular weight excluding hydrogens is 370 g/mol. The molecule has 3 rings (SSSR count). The molecule has 0 aliphatic heterocycles. The van der Waals surface area contributed by atoms with Gasteiger partial charge >= 0.3 is 5.97 Å². The van der Waals surface area contributed by atoms with Crippen LogP contribution in [0.15, 0.2) is 72.8 Å². The van der Waals surface area contributed by atoms with E-state index < -0.39 is 18.5 Å². The number of nitrogens with one attached hydrogen (secondary N) is 1. The average molecular weight is 391 g/mol. The Bertz CT molecular complexity index is 981. The van der Waals surface area contributed by atoms with Crippen LogP contribution in [-0.2, 0) is 9.53 Å². The zero-order valence-corrected chi connectivity index (χ0v) is 16.2. The van der Waals surface area contributed by atoms with Crippen LogP contribution < -0.4 is 14.8 Å². The van der Waals surface area contributed by atoms with E-state index in [0.717, 1.165) is 5.56 Å². The molecule has 0 saturated heterocycles. The maximum absolute atomic E-state index is 12.2. The van der Waals surface area contributed by atoms with E-state index >= 15 is 0 Å². The van der Waals surface area contributed by atoms with Crippen molar-refractivity contribution in [1.29, 1.82) is 0 Å². The Hall–Kier alpha value is -3.80. The number of aryl methyl sites for hydroxylation is 1. The lowest BCUT2D eigenvalue weighted by Crippen LogP contribution is -2.21. The van der Waals surface area contributed by atoms with Gasteiger partial charge in [-0.3, -0.25) is 4.79 Å². The Kier molecular flexibility index (Phi) is 6.47. The number of carbonyl (C=O) groups is 2. The molecule has 0 atom stereocenters. The van der Waals surface area contributed by atoms with E-state index in [1.165, 1.54) is 7.11 Å². The normalized spacial score (nSPS) is 10.1. The summed E-state index contributed by atoms with van der Waals surface area (Å²) in [5.74, 6) is 0.720. The highest BCUT2D eigenvalue weighted by Gasteiger charge is 2.13. The molecule has 0 aromatic heterocycles. The van der Waals surface area contributed by atoms with Crippen LogP contribution in [-0.4, -0.2) is 25.6 Å². The first-order valence-corrected chi connectivity index (χ1v) is 9.00. The van der Waals surface area contributed by atoms with Crippen LogP contribution in [0, 0.1) is 6.92 Å². The van der Waals surface area contributed by atoms with Crippen molar-refractivity contribution in [2.45, 2.75) is 6.92 Å². The van der Waals surface area contributed by atoms with Crippen molar-refractivity contribution in [3.8, 4) is 17.2 Å². The molecule has 0 unspecified atom stereocenters. The Morgan fingerprint density at radius 3 is 2.21 bits per heavy atom. The van der Waals surface area contributed by atoms with Gasteiger partial charge in [-0.1, -0.05) is 29.8 Å². The number of ether oxygens (including phenoxy) is 3. The van der Waals surface area contributed by atoms with Gasteiger partial charge in [-0.05, 0) is 55.5 Å². The van der Waals surface area contributed by atoms with E-state index in [9.17, 15) is 9.59 Å². The Labute approximate surface area is 169 Å². The number of benzene rings is 3. The number of esters is 1. The summed E-state index contributed by atoms with van der Waals surface area (Å²) in [6.07, 6.45) is 0. The molecule has 1 amide bonds. The third kappa shape index (κ3) is 5.59. The highest BCUT2D eigenvalue weighted by atomic mass is 16.5. The fourth-order valence-corrected chi connectivity index (χ4v) is 2.52. The predicted octanol–water partition coefficient (Wildman–Crippen LogP) is 4.59. The minimum atomic E-state index is -0.591. The van der Waals surface area contributed by atoms with Crippen molar-refractivity contribution >= 4 is 17.6 Å². The predicted molar refractivity (Wildman–Crippen MR) is 110 cm³/mol. The van der Waals surface area contributed by atoms with Crippen LogP contribution in [0.5, 0.6) is 17.2 Å². The lowest BCUT2D eigenvalue weighted by atomic mass is 10.2. The van der Waals surface area contributed by atoms with Crippen LogP contribution in [0.2, 0.25) is 0 Å². The number of amides is 1. The topological polar surface area (TPSA) is 73.9 Å². The lowest BCUT2D eigenvalue weighted by molar-refractivity contribution is -0.119. The number of carbonyl (C=O) groups excluding carboxylic acids is 2. The van der Waals surface area contributed by atoms with Crippen LogP contribution in [0.25, 0.3) is 0 Å². The van der Waals surface area contributed by atoms with Gasteiger partial charge < -0.3 is 19.5 Å². The second kappa shape index (κ2) is 9.41. The summed E-state index contributed by atoms with van der Waals surface area (Å²) >= 11 is 0. The van der Waals surface area contributed by atoms with Crippen LogP contribution in [0.4, 0.5) is 5.69 Å². The van der Waals surface area contributed by atoms with Crippen molar-refractivity contribution < 1.29 is 23.8 Å².